The van der Waals surface area contributed by atoms with Crippen LogP contribution in [0.15, 0.2) is 27.7 Å². The van der Waals surface area contributed by atoms with Crippen LogP contribution in [0.2, 0.25) is 0 Å². The third-order valence-corrected chi connectivity index (χ3v) is 9.94. The van der Waals surface area contributed by atoms with Crippen LogP contribution in [-0.2, 0) is 10.2 Å². The lowest BCUT2D eigenvalue weighted by Gasteiger charge is -2.60. The fourth-order valence-corrected chi connectivity index (χ4v) is 7.03. The molecule has 7 fully saturated rings. The monoisotopic (exact) mass is 493 g/mol. The Morgan fingerprint density at radius 1 is 1.14 bits per heavy atom. The van der Waals surface area contributed by atoms with Gasteiger partial charge in [0.05, 0.1) is 16.7 Å². The second-order valence-corrected chi connectivity index (χ2v) is 12.2. The highest BCUT2D eigenvalue weighted by Gasteiger charge is 2.61. The molecule has 7 saturated carbocycles. The summed E-state index contributed by atoms with van der Waals surface area (Å²) in [5.74, 6) is 2.24. The molecule has 9 heteroatoms. The molecule has 1 amide bonds. The molecule has 2 aromatic rings. The van der Waals surface area contributed by atoms with Gasteiger partial charge in [-0.15, -0.1) is 0 Å². The fourth-order valence-electron chi connectivity index (χ4n) is 7.03. The Hall–Kier alpha value is -2.81. The van der Waals surface area contributed by atoms with Crippen molar-refractivity contribution in [2.75, 3.05) is 11.9 Å². The summed E-state index contributed by atoms with van der Waals surface area (Å²) in [5.41, 5.74) is 2.10. The van der Waals surface area contributed by atoms with Gasteiger partial charge in [-0.05, 0) is 94.1 Å². The molecule has 1 heterocycles. The molecule has 3 N–H and O–H groups in total. The van der Waals surface area contributed by atoms with Crippen LogP contribution >= 0.6 is 0 Å². The molecular weight excluding hydrogens is 461 g/mol. The molecule has 0 atom stereocenters. The summed E-state index contributed by atoms with van der Waals surface area (Å²) in [6.07, 6.45) is 10.9. The zero-order chi connectivity index (χ0) is 24.5. The molecule has 0 radical (unpaired) electrons. The molecule has 1 aromatic heterocycles. The number of carbonyl (C=O) groups is 1. The molecule has 1 aromatic carbocycles. The molecule has 7 aliphatic carbocycles. The number of hydroxylamine groups is 1. The lowest BCUT2D eigenvalue weighted by atomic mass is 9.44. The highest BCUT2D eigenvalue weighted by Crippen LogP contribution is 2.64. The number of nitrogens with zero attached hydrogens (tertiary/aromatic N) is 3. The van der Waals surface area contributed by atoms with Gasteiger partial charge < -0.3 is 9.84 Å². The predicted octanol–water partition coefficient (Wildman–Crippen LogP) is 4.84. The first-order valence-corrected chi connectivity index (χ1v) is 13.3. The van der Waals surface area contributed by atoms with Gasteiger partial charge in [0.25, 0.3) is 0 Å². The van der Waals surface area contributed by atoms with Gasteiger partial charge in [0, 0.05) is 17.9 Å². The number of fused-ring (bicyclic) bond motifs is 3. The SMILES string of the molecule is O=C(Nc1cccc(C(=NCC23CCC(c4nc(C5CC5)no4)(CC2)CC3)NO)c1F)C12CC(C1)C2. The highest BCUT2D eigenvalue weighted by molar-refractivity contribution is 6.01. The van der Waals surface area contributed by atoms with E-state index in [0.29, 0.717) is 18.4 Å². The van der Waals surface area contributed by atoms with E-state index in [2.05, 4.69) is 20.9 Å². The summed E-state index contributed by atoms with van der Waals surface area (Å²) in [5, 5.41) is 16.8. The first kappa shape index (κ1) is 22.4. The van der Waals surface area contributed by atoms with Crippen molar-refractivity contribution in [3.8, 4) is 0 Å². The van der Waals surface area contributed by atoms with Crippen molar-refractivity contribution in [2.24, 2.45) is 21.7 Å². The van der Waals surface area contributed by atoms with Gasteiger partial charge in [-0.25, -0.2) is 4.39 Å². The summed E-state index contributed by atoms with van der Waals surface area (Å²) < 4.78 is 21.1. The van der Waals surface area contributed by atoms with Gasteiger partial charge in [-0.2, -0.15) is 4.98 Å². The van der Waals surface area contributed by atoms with E-state index >= 15 is 4.39 Å². The molecular formula is C27H32FN5O3. The number of halogens is 1. The van der Waals surface area contributed by atoms with Gasteiger partial charge in [0.2, 0.25) is 11.8 Å². The van der Waals surface area contributed by atoms with Gasteiger partial charge in [0.1, 0.15) is 0 Å². The minimum atomic E-state index is -0.579. The molecule has 0 unspecified atom stereocenters. The number of hydrogen-bond donors (Lipinski definition) is 3. The molecule has 36 heavy (non-hydrogen) atoms. The van der Waals surface area contributed by atoms with Crippen LogP contribution in [0.4, 0.5) is 10.1 Å². The molecule has 190 valence electrons. The Balaban J connectivity index is 1.05. The quantitative estimate of drug-likeness (QED) is 0.289. The summed E-state index contributed by atoms with van der Waals surface area (Å²) in [6, 6.07) is 4.81. The topological polar surface area (TPSA) is 113 Å². The minimum Gasteiger partial charge on any atom is -0.339 e. The van der Waals surface area contributed by atoms with Crippen LogP contribution in [0.3, 0.4) is 0 Å². The van der Waals surface area contributed by atoms with E-state index in [1.54, 1.807) is 18.2 Å². The van der Waals surface area contributed by atoms with E-state index in [1.165, 1.54) is 0 Å². The lowest BCUT2D eigenvalue weighted by molar-refractivity contribution is -0.158. The van der Waals surface area contributed by atoms with Crippen molar-refractivity contribution in [3.05, 3.63) is 41.3 Å². The number of benzene rings is 1. The zero-order valence-corrected chi connectivity index (χ0v) is 20.4. The van der Waals surface area contributed by atoms with Crippen LogP contribution < -0.4 is 10.8 Å². The predicted molar refractivity (Wildman–Crippen MR) is 129 cm³/mol. The van der Waals surface area contributed by atoms with E-state index in [9.17, 15) is 10.0 Å². The average Bonchev–Trinajstić information content (AvgIpc) is 3.56. The van der Waals surface area contributed by atoms with Crippen molar-refractivity contribution < 1.29 is 18.9 Å². The van der Waals surface area contributed by atoms with E-state index in [-0.39, 0.29) is 39.2 Å². The molecule has 0 saturated heterocycles. The van der Waals surface area contributed by atoms with E-state index in [0.717, 1.165) is 82.3 Å². The summed E-state index contributed by atoms with van der Waals surface area (Å²) >= 11 is 0. The highest BCUT2D eigenvalue weighted by atomic mass is 19.1. The van der Waals surface area contributed by atoms with E-state index in [1.807, 2.05) is 0 Å². The van der Waals surface area contributed by atoms with Crippen LogP contribution in [-0.4, -0.2) is 33.6 Å². The lowest BCUT2D eigenvalue weighted by Crippen LogP contribution is -2.58. The van der Waals surface area contributed by atoms with Crippen LogP contribution in [0, 0.1) is 22.6 Å². The van der Waals surface area contributed by atoms with Crippen LogP contribution in [0.1, 0.15) is 93.8 Å². The van der Waals surface area contributed by atoms with Crippen molar-refractivity contribution in [1.29, 1.82) is 0 Å². The Bertz CT molecular complexity index is 1210. The third-order valence-electron chi connectivity index (χ3n) is 9.94. The standard InChI is InChI=1S/C27H32FN5O3/c28-20-18(2-1-3-19(20)30-23(34)27-12-16(13-27)14-27)22(32-35)29-15-25-6-9-26(10-7-25,11-8-25)24-31-21(33-36-24)17-4-5-17/h1-3,16-17,35H,4-15H2,(H,29,32)(H,30,34). The summed E-state index contributed by atoms with van der Waals surface area (Å²) in [7, 11) is 0. The Kier molecular flexibility index (Phi) is 4.88. The number of hydrogen-bond acceptors (Lipinski definition) is 6. The molecule has 8 nitrogen and oxygen atoms in total. The van der Waals surface area contributed by atoms with Crippen molar-refractivity contribution >= 4 is 17.4 Å². The number of aliphatic imine (C=N–C) groups is 1. The van der Waals surface area contributed by atoms with Crippen molar-refractivity contribution in [2.45, 2.75) is 82.0 Å². The minimum absolute atomic E-state index is 0.0235. The maximum absolute atomic E-state index is 15.4. The number of amides is 1. The molecule has 7 aliphatic rings. The van der Waals surface area contributed by atoms with E-state index in [4.69, 9.17) is 9.51 Å². The van der Waals surface area contributed by atoms with Crippen LogP contribution in [0.25, 0.3) is 0 Å². The number of anilines is 1. The molecule has 0 spiro atoms. The van der Waals surface area contributed by atoms with Gasteiger partial charge >= 0.3 is 0 Å². The third kappa shape index (κ3) is 3.42. The smallest absolute Gasteiger partial charge is 0.232 e. The second-order valence-electron chi connectivity index (χ2n) is 12.2. The second kappa shape index (κ2) is 7.84. The number of aromatic nitrogens is 2. The average molecular weight is 494 g/mol. The van der Waals surface area contributed by atoms with E-state index < -0.39 is 5.82 Å². The maximum atomic E-state index is 15.4. The normalized spacial score (nSPS) is 34.6. The van der Waals surface area contributed by atoms with Crippen LogP contribution in [0.5, 0.6) is 0 Å². The van der Waals surface area contributed by atoms with Gasteiger partial charge in [0.15, 0.2) is 17.5 Å². The summed E-state index contributed by atoms with van der Waals surface area (Å²) in [4.78, 5) is 22.1. The molecule has 9 rings (SSSR count). The Morgan fingerprint density at radius 3 is 2.47 bits per heavy atom. The number of amidine groups is 1. The van der Waals surface area contributed by atoms with Gasteiger partial charge in [-0.3, -0.25) is 20.5 Å². The first-order valence-electron chi connectivity index (χ1n) is 13.3. The Labute approximate surface area is 209 Å². The van der Waals surface area contributed by atoms with Gasteiger partial charge in [-0.1, -0.05) is 11.2 Å². The largest absolute Gasteiger partial charge is 0.339 e. The van der Waals surface area contributed by atoms with Crippen molar-refractivity contribution in [3.63, 3.8) is 0 Å². The Morgan fingerprint density at radius 2 is 1.86 bits per heavy atom. The number of nitrogens with one attached hydrogen (secondary N) is 2. The number of rotatable bonds is 7. The van der Waals surface area contributed by atoms with Crippen molar-refractivity contribution in [1.82, 2.24) is 15.6 Å². The molecule has 0 aliphatic heterocycles. The zero-order valence-electron chi connectivity index (χ0n) is 20.4. The first-order chi connectivity index (χ1) is 17.4. The fraction of sp³-hybridized carbons (Fsp3) is 0.630. The molecule has 4 bridgehead atoms. The summed E-state index contributed by atoms with van der Waals surface area (Å²) in [6.45, 7) is 0.504. The maximum Gasteiger partial charge on any atom is 0.232 e. The number of carbonyl (C=O) groups excluding carboxylic acids is 1.